The zero-order chi connectivity index (χ0) is 10.0. The second kappa shape index (κ2) is 3.96. The summed E-state index contributed by atoms with van der Waals surface area (Å²) in [6.45, 7) is 0. The summed E-state index contributed by atoms with van der Waals surface area (Å²) in [7, 11) is 0. The average molecular weight is 207 g/mol. The van der Waals surface area contributed by atoms with Gasteiger partial charge in [0.05, 0.1) is 5.92 Å². The standard InChI is InChI=1S/C8H11ClO4/c9-6(8(12)13)4-1-2-5(3-4)7(10)11/h4-6H,1-3H2,(H,10,11)(H,12,13). The lowest BCUT2D eigenvalue weighted by Crippen LogP contribution is -2.22. The van der Waals surface area contributed by atoms with Gasteiger partial charge in [0.25, 0.3) is 0 Å². The fraction of sp³-hybridized carbons (Fsp3) is 0.750. The van der Waals surface area contributed by atoms with E-state index in [2.05, 4.69) is 0 Å². The molecular weight excluding hydrogens is 196 g/mol. The Bertz CT molecular complexity index is 228. The summed E-state index contributed by atoms with van der Waals surface area (Å²) >= 11 is 5.60. The zero-order valence-electron chi connectivity index (χ0n) is 6.94. The summed E-state index contributed by atoms with van der Waals surface area (Å²) < 4.78 is 0. The molecule has 0 aromatic rings. The van der Waals surface area contributed by atoms with Crippen LogP contribution in [0.5, 0.6) is 0 Å². The molecule has 0 bridgehead atoms. The first-order valence-corrected chi connectivity index (χ1v) is 4.55. The molecule has 0 heterocycles. The quantitative estimate of drug-likeness (QED) is 0.680. The van der Waals surface area contributed by atoms with Crippen LogP contribution >= 0.6 is 11.6 Å². The number of carboxylic acids is 2. The van der Waals surface area contributed by atoms with E-state index in [4.69, 9.17) is 21.8 Å². The molecule has 13 heavy (non-hydrogen) atoms. The lowest BCUT2D eigenvalue weighted by atomic mass is 10.0. The Morgan fingerprint density at radius 3 is 2.31 bits per heavy atom. The summed E-state index contributed by atoms with van der Waals surface area (Å²) in [6, 6.07) is 0. The highest BCUT2D eigenvalue weighted by Gasteiger charge is 2.36. The second-order valence-electron chi connectivity index (χ2n) is 3.35. The second-order valence-corrected chi connectivity index (χ2v) is 3.82. The van der Waals surface area contributed by atoms with E-state index < -0.39 is 23.2 Å². The monoisotopic (exact) mass is 206 g/mol. The fourth-order valence-electron chi connectivity index (χ4n) is 1.71. The predicted octanol–water partition coefficient (Wildman–Crippen LogP) is 1.18. The van der Waals surface area contributed by atoms with Crippen LogP contribution in [0.4, 0.5) is 0 Å². The highest BCUT2D eigenvalue weighted by Crippen LogP contribution is 2.35. The van der Waals surface area contributed by atoms with Gasteiger partial charge >= 0.3 is 11.9 Å². The van der Waals surface area contributed by atoms with Crippen molar-refractivity contribution in [2.45, 2.75) is 24.6 Å². The lowest BCUT2D eigenvalue weighted by Gasteiger charge is -2.11. The number of hydrogen-bond acceptors (Lipinski definition) is 2. The molecule has 1 rings (SSSR count). The molecule has 1 aliphatic rings. The molecule has 1 aliphatic carbocycles. The number of alkyl halides is 1. The van der Waals surface area contributed by atoms with Crippen LogP contribution in [0.15, 0.2) is 0 Å². The van der Waals surface area contributed by atoms with Crippen LogP contribution in [0.1, 0.15) is 19.3 Å². The van der Waals surface area contributed by atoms with Gasteiger partial charge in [0.15, 0.2) is 0 Å². The maximum absolute atomic E-state index is 10.5. The Kier molecular flexibility index (Phi) is 3.14. The van der Waals surface area contributed by atoms with E-state index in [0.29, 0.717) is 19.3 Å². The van der Waals surface area contributed by atoms with E-state index in [0.717, 1.165) is 0 Å². The Morgan fingerprint density at radius 1 is 1.31 bits per heavy atom. The van der Waals surface area contributed by atoms with E-state index >= 15 is 0 Å². The molecule has 3 unspecified atom stereocenters. The molecule has 1 fully saturated rings. The molecule has 74 valence electrons. The highest BCUT2D eigenvalue weighted by atomic mass is 35.5. The molecule has 0 aromatic carbocycles. The van der Waals surface area contributed by atoms with Crippen molar-refractivity contribution in [1.82, 2.24) is 0 Å². The number of hydrogen-bond donors (Lipinski definition) is 2. The normalized spacial score (nSPS) is 29.9. The van der Waals surface area contributed by atoms with Crippen molar-refractivity contribution in [2.24, 2.45) is 11.8 Å². The van der Waals surface area contributed by atoms with Crippen molar-refractivity contribution in [3.05, 3.63) is 0 Å². The van der Waals surface area contributed by atoms with Crippen molar-refractivity contribution < 1.29 is 19.8 Å². The third-order valence-corrected chi connectivity index (χ3v) is 3.02. The third-order valence-electron chi connectivity index (χ3n) is 2.47. The summed E-state index contributed by atoms with van der Waals surface area (Å²) in [6.07, 6.45) is 1.52. The first kappa shape index (κ1) is 10.3. The molecule has 0 spiro atoms. The Labute approximate surface area is 80.5 Å². The predicted molar refractivity (Wildman–Crippen MR) is 45.7 cm³/mol. The molecule has 4 nitrogen and oxygen atoms in total. The summed E-state index contributed by atoms with van der Waals surface area (Å²) in [5.74, 6) is -2.51. The van der Waals surface area contributed by atoms with Gasteiger partial charge in [0, 0.05) is 0 Å². The number of carboxylic acid groups (broad SMARTS) is 2. The van der Waals surface area contributed by atoms with Gasteiger partial charge in [-0.3, -0.25) is 9.59 Å². The molecule has 0 saturated heterocycles. The highest BCUT2D eigenvalue weighted by molar-refractivity contribution is 6.29. The van der Waals surface area contributed by atoms with Crippen LogP contribution in [-0.2, 0) is 9.59 Å². The van der Waals surface area contributed by atoms with Gasteiger partial charge in [-0.25, -0.2) is 0 Å². The lowest BCUT2D eigenvalue weighted by molar-refractivity contribution is -0.142. The molecule has 3 atom stereocenters. The topological polar surface area (TPSA) is 74.6 Å². The number of aliphatic carboxylic acids is 2. The fourth-order valence-corrected chi connectivity index (χ4v) is 1.94. The SMILES string of the molecule is O=C(O)C1CCC(C(Cl)C(=O)O)C1. The van der Waals surface area contributed by atoms with Crippen molar-refractivity contribution >= 4 is 23.5 Å². The molecule has 5 heteroatoms. The van der Waals surface area contributed by atoms with E-state index in [1.54, 1.807) is 0 Å². The Morgan fingerprint density at radius 2 is 1.92 bits per heavy atom. The largest absolute Gasteiger partial charge is 0.481 e. The van der Waals surface area contributed by atoms with Gasteiger partial charge < -0.3 is 10.2 Å². The Hall–Kier alpha value is -0.770. The van der Waals surface area contributed by atoms with Gasteiger partial charge in [0.1, 0.15) is 5.38 Å². The molecule has 1 saturated carbocycles. The Balaban J connectivity index is 2.49. The minimum Gasteiger partial charge on any atom is -0.481 e. The summed E-state index contributed by atoms with van der Waals surface area (Å²) in [4.78, 5) is 21.0. The minimum absolute atomic E-state index is 0.194. The van der Waals surface area contributed by atoms with Gasteiger partial charge in [-0.05, 0) is 25.2 Å². The molecule has 0 radical (unpaired) electrons. The first-order valence-electron chi connectivity index (χ1n) is 4.12. The van der Waals surface area contributed by atoms with Crippen LogP contribution in [0.2, 0.25) is 0 Å². The van der Waals surface area contributed by atoms with Gasteiger partial charge in [-0.15, -0.1) is 11.6 Å². The van der Waals surface area contributed by atoms with Crippen LogP contribution in [0, 0.1) is 11.8 Å². The van der Waals surface area contributed by atoms with Crippen molar-refractivity contribution in [3.8, 4) is 0 Å². The minimum atomic E-state index is -1.06. The average Bonchev–Trinajstić information content (AvgIpc) is 2.50. The maximum atomic E-state index is 10.5. The van der Waals surface area contributed by atoms with Crippen LogP contribution in [-0.4, -0.2) is 27.5 Å². The zero-order valence-corrected chi connectivity index (χ0v) is 7.70. The van der Waals surface area contributed by atoms with Gasteiger partial charge in [0.2, 0.25) is 0 Å². The van der Waals surface area contributed by atoms with Crippen LogP contribution < -0.4 is 0 Å². The maximum Gasteiger partial charge on any atom is 0.321 e. The van der Waals surface area contributed by atoms with Gasteiger partial charge in [-0.1, -0.05) is 0 Å². The molecular formula is C8H11ClO4. The smallest absolute Gasteiger partial charge is 0.321 e. The number of halogens is 1. The van der Waals surface area contributed by atoms with Crippen molar-refractivity contribution in [2.75, 3.05) is 0 Å². The van der Waals surface area contributed by atoms with Crippen molar-refractivity contribution in [1.29, 1.82) is 0 Å². The van der Waals surface area contributed by atoms with Gasteiger partial charge in [-0.2, -0.15) is 0 Å². The molecule has 0 aliphatic heterocycles. The van der Waals surface area contributed by atoms with Crippen LogP contribution in [0.25, 0.3) is 0 Å². The van der Waals surface area contributed by atoms with Crippen LogP contribution in [0.3, 0.4) is 0 Å². The molecule has 2 N–H and O–H groups in total. The number of carbonyl (C=O) groups is 2. The van der Waals surface area contributed by atoms with Crippen molar-refractivity contribution in [3.63, 3.8) is 0 Å². The summed E-state index contributed by atoms with van der Waals surface area (Å²) in [5, 5.41) is 16.3. The van der Waals surface area contributed by atoms with E-state index in [1.807, 2.05) is 0 Å². The van der Waals surface area contributed by atoms with E-state index in [9.17, 15) is 9.59 Å². The third kappa shape index (κ3) is 2.34. The molecule has 0 amide bonds. The number of rotatable bonds is 3. The van der Waals surface area contributed by atoms with E-state index in [1.165, 1.54) is 0 Å². The summed E-state index contributed by atoms with van der Waals surface area (Å²) in [5.41, 5.74) is 0. The van der Waals surface area contributed by atoms with E-state index in [-0.39, 0.29) is 5.92 Å². The molecule has 0 aromatic heterocycles. The first-order chi connectivity index (χ1) is 6.02.